The van der Waals surface area contributed by atoms with Gasteiger partial charge in [-0.2, -0.15) is 0 Å². The summed E-state index contributed by atoms with van der Waals surface area (Å²) < 4.78 is 5.86. The second-order valence-electron chi connectivity index (χ2n) is 8.73. The van der Waals surface area contributed by atoms with Crippen LogP contribution in [-0.2, 0) is 17.8 Å². The monoisotopic (exact) mass is 444 g/mol. The van der Waals surface area contributed by atoms with Gasteiger partial charge in [0.25, 0.3) is 0 Å². The van der Waals surface area contributed by atoms with Gasteiger partial charge < -0.3 is 14.7 Å². The summed E-state index contributed by atoms with van der Waals surface area (Å²) >= 11 is 0. The van der Waals surface area contributed by atoms with Crippen LogP contribution in [0.25, 0.3) is 0 Å². The number of carbonyl (C=O) groups excluding carboxylic acids is 1. The number of hydrogen-bond donors (Lipinski definition) is 1. The highest BCUT2D eigenvalue weighted by Gasteiger charge is 2.28. The van der Waals surface area contributed by atoms with Crippen molar-refractivity contribution in [3.8, 4) is 5.75 Å². The van der Waals surface area contributed by atoms with Crippen molar-refractivity contribution >= 4 is 5.91 Å². The van der Waals surface area contributed by atoms with Crippen LogP contribution in [0.1, 0.15) is 29.2 Å². The molecule has 172 valence electrons. The van der Waals surface area contributed by atoms with Crippen LogP contribution in [0, 0.1) is 0 Å². The Balaban J connectivity index is 1.38. The topological polar surface area (TPSA) is 53.0 Å². The molecule has 0 aliphatic carbocycles. The highest BCUT2D eigenvalue weighted by molar-refractivity contribution is 5.79. The maximum atomic E-state index is 13.2. The summed E-state index contributed by atoms with van der Waals surface area (Å²) in [7, 11) is 1.88. The fourth-order valence-electron chi connectivity index (χ4n) is 4.27. The molecule has 0 radical (unpaired) electrons. The lowest BCUT2D eigenvalue weighted by Crippen LogP contribution is -2.39. The van der Waals surface area contributed by atoms with Gasteiger partial charge in [0.2, 0.25) is 5.91 Å². The minimum atomic E-state index is -0.273. The molecular formula is C28H32N2O3. The van der Waals surface area contributed by atoms with Gasteiger partial charge in [0.05, 0.1) is 18.6 Å². The Labute approximate surface area is 196 Å². The Kier molecular flexibility index (Phi) is 7.76. The lowest BCUT2D eigenvalue weighted by molar-refractivity contribution is -0.131. The number of carbonyl (C=O) groups is 1. The van der Waals surface area contributed by atoms with Crippen LogP contribution >= 0.6 is 0 Å². The summed E-state index contributed by atoms with van der Waals surface area (Å²) in [6, 6.07) is 27.9. The predicted octanol–water partition coefficient (Wildman–Crippen LogP) is 4.07. The highest BCUT2D eigenvalue weighted by atomic mass is 16.5. The Morgan fingerprint density at radius 1 is 1.00 bits per heavy atom. The summed E-state index contributed by atoms with van der Waals surface area (Å²) in [5.41, 5.74) is 3.19. The lowest BCUT2D eigenvalue weighted by atomic mass is 10.0. The predicted molar refractivity (Wildman–Crippen MR) is 130 cm³/mol. The van der Waals surface area contributed by atoms with Gasteiger partial charge in [0.15, 0.2) is 0 Å². The molecular weight excluding hydrogens is 412 g/mol. The number of nitrogens with zero attached hydrogens (tertiary/aromatic N) is 2. The van der Waals surface area contributed by atoms with Crippen molar-refractivity contribution in [2.45, 2.75) is 31.6 Å². The van der Waals surface area contributed by atoms with E-state index in [-0.39, 0.29) is 18.1 Å². The zero-order valence-electron chi connectivity index (χ0n) is 19.1. The van der Waals surface area contributed by atoms with Gasteiger partial charge in [-0.05, 0) is 35.2 Å². The van der Waals surface area contributed by atoms with Crippen LogP contribution in [0.3, 0.4) is 0 Å². The van der Waals surface area contributed by atoms with Crippen molar-refractivity contribution in [2.75, 3.05) is 26.7 Å². The van der Waals surface area contributed by atoms with E-state index in [9.17, 15) is 9.90 Å². The molecule has 3 aromatic rings. The van der Waals surface area contributed by atoms with Crippen LogP contribution in [0.2, 0.25) is 0 Å². The SMILES string of the molecule is CN(C(=O)Cc1ccc(OCc2ccccc2)cc1)C(CN1CCC(O)C1)c1ccccc1. The minimum Gasteiger partial charge on any atom is -0.489 e. The van der Waals surface area contributed by atoms with E-state index in [1.165, 1.54) is 0 Å². The fourth-order valence-corrected chi connectivity index (χ4v) is 4.27. The molecule has 33 heavy (non-hydrogen) atoms. The van der Waals surface area contributed by atoms with E-state index in [2.05, 4.69) is 17.0 Å². The standard InChI is InChI=1S/C28H32N2O3/c1-29(27(24-10-6-3-7-11-24)20-30-17-16-25(31)19-30)28(32)18-22-12-14-26(15-13-22)33-21-23-8-4-2-5-9-23/h2-15,25,27,31H,16-21H2,1H3. The summed E-state index contributed by atoms with van der Waals surface area (Å²) in [4.78, 5) is 17.3. The number of aliphatic hydroxyl groups is 1. The van der Waals surface area contributed by atoms with E-state index >= 15 is 0 Å². The molecule has 1 aliphatic rings. The lowest BCUT2D eigenvalue weighted by Gasteiger charge is -2.32. The van der Waals surface area contributed by atoms with Gasteiger partial charge in [0, 0.05) is 26.7 Å². The average molecular weight is 445 g/mol. The quantitative estimate of drug-likeness (QED) is 0.541. The first-order chi connectivity index (χ1) is 16.1. The second kappa shape index (κ2) is 11.1. The summed E-state index contributed by atoms with van der Waals surface area (Å²) in [5.74, 6) is 0.861. The first-order valence-corrected chi connectivity index (χ1v) is 11.5. The van der Waals surface area contributed by atoms with E-state index in [1.807, 2.05) is 84.7 Å². The van der Waals surface area contributed by atoms with Gasteiger partial charge in [0.1, 0.15) is 12.4 Å². The molecule has 1 saturated heterocycles. The normalized spacial score (nSPS) is 17.0. The summed E-state index contributed by atoms with van der Waals surface area (Å²) in [6.07, 6.45) is 0.851. The van der Waals surface area contributed by atoms with Crippen molar-refractivity contribution in [2.24, 2.45) is 0 Å². The van der Waals surface area contributed by atoms with Gasteiger partial charge in [-0.1, -0.05) is 72.8 Å². The van der Waals surface area contributed by atoms with Crippen molar-refractivity contribution < 1.29 is 14.6 Å². The molecule has 2 unspecified atom stereocenters. The molecule has 0 bridgehead atoms. The molecule has 3 aromatic carbocycles. The van der Waals surface area contributed by atoms with Crippen molar-refractivity contribution in [3.63, 3.8) is 0 Å². The molecule has 5 heteroatoms. The van der Waals surface area contributed by atoms with Gasteiger partial charge in [-0.25, -0.2) is 0 Å². The Bertz CT molecular complexity index is 1010. The van der Waals surface area contributed by atoms with Crippen LogP contribution in [0.4, 0.5) is 0 Å². The highest BCUT2D eigenvalue weighted by Crippen LogP contribution is 2.24. The molecule has 1 N–H and O–H groups in total. The third-order valence-electron chi connectivity index (χ3n) is 6.25. The molecule has 4 rings (SSSR count). The van der Waals surface area contributed by atoms with Crippen LogP contribution in [-0.4, -0.2) is 53.6 Å². The number of ether oxygens (including phenoxy) is 1. The Hall–Kier alpha value is -3.15. The fraction of sp³-hybridized carbons (Fsp3) is 0.321. The molecule has 1 fully saturated rings. The van der Waals surface area contributed by atoms with E-state index in [1.54, 1.807) is 0 Å². The van der Waals surface area contributed by atoms with Gasteiger partial charge >= 0.3 is 0 Å². The number of rotatable bonds is 9. The van der Waals surface area contributed by atoms with E-state index in [0.29, 0.717) is 19.6 Å². The summed E-state index contributed by atoms with van der Waals surface area (Å²) in [5, 5.41) is 9.92. The third-order valence-corrected chi connectivity index (χ3v) is 6.25. The van der Waals surface area contributed by atoms with Crippen LogP contribution < -0.4 is 4.74 Å². The van der Waals surface area contributed by atoms with E-state index in [4.69, 9.17) is 4.74 Å². The molecule has 5 nitrogen and oxygen atoms in total. The second-order valence-corrected chi connectivity index (χ2v) is 8.73. The average Bonchev–Trinajstić information content (AvgIpc) is 3.27. The largest absolute Gasteiger partial charge is 0.489 e. The Morgan fingerprint density at radius 2 is 1.67 bits per heavy atom. The van der Waals surface area contributed by atoms with Crippen molar-refractivity contribution in [3.05, 3.63) is 102 Å². The first-order valence-electron chi connectivity index (χ1n) is 11.5. The molecule has 1 heterocycles. The van der Waals surface area contributed by atoms with Gasteiger partial charge in [-0.15, -0.1) is 0 Å². The number of amides is 1. The maximum absolute atomic E-state index is 13.2. The zero-order valence-corrected chi connectivity index (χ0v) is 19.1. The number of likely N-dealkylation sites (tertiary alicyclic amines) is 1. The zero-order chi connectivity index (χ0) is 23.0. The smallest absolute Gasteiger partial charge is 0.227 e. The third kappa shape index (κ3) is 6.44. The first kappa shape index (κ1) is 23.0. The number of hydrogen-bond acceptors (Lipinski definition) is 4. The molecule has 0 saturated carbocycles. The minimum absolute atomic E-state index is 0.0579. The van der Waals surface area contributed by atoms with E-state index in [0.717, 1.165) is 42.0 Å². The summed E-state index contributed by atoms with van der Waals surface area (Å²) in [6.45, 7) is 2.76. The number of β-amino-alcohol motifs (C(OH)–C–C–N with tert-alkyl or cyclic N) is 1. The van der Waals surface area contributed by atoms with E-state index < -0.39 is 0 Å². The molecule has 1 aliphatic heterocycles. The Morgan fingerprint density at radius 3 is 2.30 bits per heavy atom. The van der Waals surface area contributed by atoms with Crippen molar-refractivity contribution in [1.82, 2.24) is 9.80 Å². The molecule has 2 atom stereocenters. The number of aliphatic hydroxyl groups excluding tert-OH is 1. The molecule has 0 aromatic heterocycles. The van der Waals surface area contributed by atoms with Gasteiger partial charge in [-0.3, -0.25) is 9.69 Å². The maximum Gasteiger partial charge on any atom is 0.227 e. The van der Waals surface area contributed by atoms with Crippen molar-refractivity contribution in [1.29, 1.82) is 0 Å². The molecule has 0 spiro atoms. The number of likely N-dealkylation sites (N-methyl/N-ethyl adjacent to an activating group) is 1. The van der Waals surface area contributed by atoms with Crippen LogP contribution in [0.5, 0.6) is 5.75 Å². The molecule has 1 amide bonds. The van der Waals surface area contributed by atoms with Crippen LogP contribution in [0.15, 0.2) is 84.9 Å². The number of benzene rings is 3.